The van der Waals surface area contributed by atoms with Gasteiger partial charge in [-0.2, -0.15) is 0 Å². The molecule has 36 heavy (non-hydrogen) atoms. The van der Waals surface area contributed by atoms with Crippen LogP contribution in [0.25, 0.3) is 11.4 Å². The van der Waals surface area contributed by atoms with Crippen LogP contribution in [0.5, 0.6) is 11.5 Å². The van der Waals surface area contributed by atoms with E-state index >= 15 is 0 Å². The summed E-state index contributed by atoms with van der Waals surface area (Å²) in [4.78, 5) is 32.4. The predicted molar refractivity (Wildman–Crippen MR) is 139 cm³/mol. The third-order valence-electron chi connectivity index (χ3n) is 5.08. The second-order valence-corrected chi connectivity index (χ2v) is 8.40. The highest BCUT2D eigenvalue weighted by Gasteiger charge is 2.09. The third-order valence-corrected chi connectivity index (χ3v) is 5.33. The normalized spacial score (nSPS) is 10.5. The van der Waals surface area contributed by atoms with Gasteiger partial charge < -0.3 is 31.5 Å². The minimum atomic E-state index is -0.158. The van der Waals surface area contributed by atoms with Crippen LogP contribution in [0.3, 0.4) is 0 Å². The van der Waals surface area contributed by atoms with Gasteiger partial charge in [0.05, 0.1) is 0 Å². The number of hydrogen-bond donors (Lipinski definition) is 6. The fourth-order valence-corrected chi connectivity index (χ4v) is 3.40. The minimum absolute atomic E-state index is 0.0261. The van der Waals surface area contributed by atoms with E-state index in [2.05, 4.69) is 31.2 Å². The molecule has 1 heterocycles. The van der Waals surface area contributed by atoms with Crippen molar-refractivity contribution < 1.29 is 19.8 Å². The van der Waals surface area contributed by atoms with Crippen LogP contribution in [0.2, 0.25) is 5.02 Å². The van der Waals surface area contributed by atoms with Crippen LogP contribution < -0.4 is 21.3 Å². The molecule has 3 aromatic rings. The Morgan fingerprint density at radius 3 is 2.11 bits per heavy atom. The van der Waals surface area contributed by atoms with E-state index in [0.29, 0.717) is 60.6 Å². The fraction of sp³-hybridized carbons (Fsp3) is 0.280. The number of nitrogens with one attached hydrogen (secondary N) is 4. The molecule has 0 spiro atoms. The van der Waals surface area contributed by atoms with Gasteiger partial charge in [-0.15, -0.1) is 0 Å². The van der Waals surface area contributed by atoms with E-state index < -0.39 is 0 Å². The number of aromatic nitrogens is 2. The molecule has 11 heteroatoms. The Kier molecular flexibility index (Phi) is 9.70. The summed E-state index contributed by atoms with van der Waals surface area (Å²) in [5.41, 5.74) is 1.38. The van der Waals surface area contributed by atoms with Crippen molar-refractivity contribution in [2.45, 2.75) is 19.8 Å². The van der Waals surface area contributed by atoms with E-state index in [1.165, 1.54) is 19.1 Å². The molecule has 0 fully saturated rings. The summed E-state index contributed by atoms with van der Waals surface area (Å²) >= 11 is 6.00. The summed E-state index contributed by atoms with van der Waals surface area (Å²) in [6.45, 7) is 3.20. The number of phenols is 2. The molecule has 0 bridgehead atoms. The van der Waals surface area contributed by atoms with Gasteiger partial charge in [-0.05, 0) is 42.3 Å². The van der Waals surface area contributed by atoms with E-state index in [9.17, 15) is 19.8 Å². The van der Waals surface area contributed by atoms with Crippen molar-refractivity contribution in [1.82, 2.24) is 20.6 Å². The number of anilines is 2. The average Bonchev–Trinajstić information content (AvgIpc) is 2.84. The number of hydrogen-bond acceptors (Lipinski definition) is 8. The summed E-state index contributed by atoms with van der Waals surface area (Å²) in [5, 5.41) is 31.7. The largest absolute Gasteiger partial charge is 0.508 e. The average molecular weight is 513 g/mol. The van der Waals surface area contributed by atoms with Crippen LogP contribution in [-0.2, 0) is 16.0 Å². The minimum Gasteiger partial charge on any atom is -0.508 e. The summed E-state index contributed by atoms with van der Waals surface area (Å²) in [6.07, 6.45) is 0.560. The number of aromatic hydroxyl groups is 2. The lowest BCUT2D eigenvalue weighted by molar-refractivity contribution is -0.121. The van der Waals surface area contributed by atoms with Gasteiger partial charge in [0.1, 0.15) is 23.1 Å². The number of aryl methyl sites for hydroxylation is 1. The number of phenolic OH excluding ortho intramolecular Hbond substituents is 2. The first-order valence-corrected chi connectivity index (χ1v) is 11.8. The molecule has 0 saturated heterocycles. The van der Waals surface area contributed by atoms with Crippen LogP contribution >= 0.6 is 11.6 Å². The molecule has 2 aromatic carbocycles. The van der Waals surface area contributed by atoms with Crippen LogP contribution in [0.15, 0.2) is 48.5 Å². The first kappa shape index (κ1) is 26.6. The lowest BCUT2D eigenvalue weighted by atomic mass is 10.1. The molecule has 0 radical (unpaired) electrons. The number of carbonyl (C=O) groups excluding carboxylic acids is 2. The smallest absolute Gasteiger partial charge is 0.220 e. The first-order chi connectivity index (χ1) is 17.3. The Morgan fingerprint density at radius 2 is 1.50 bits per heavy atom. The Bertz CT molecular complexity index is 1190. The van der Waals surface area contributed by atoms with Crippen molar-refractivity contribution in [3.63, 3.8) is 0 Å². The maximum absolute atomic E-state index is 12.2. The van der Waals surface area contributed by atoms with Gasteiger partial charge in [-0.25, -0.2) is 9.97 Å². The van der Waals surface area contributed by atoms with E-state index in [1.807, 2.05) is 12.1 Å². The second-order valence-electron chi connectivity index (χ2n) is 7.97. The molecule has 190 valence electrons. The maximum Gasteiger partial charge on any atom is 0.220 e. The summed E-state index contributed by atoms with van der Waals surface area (Å²) < 4.78 is 0. The van der Waals surface area contributed by atoms with Crippen LogP contribution in [0, 0.1) is 0 Å². The Hall–Kier alpha value is -4.05. The number of carbonyl (C=O) groups is 2. The second kappa shape index (κ2) is 13.1. The lowest BCUT2D eigenvalue weighted by Crippen LogP contribution is -2.29. The number of rotatable bonds is 12. The van der Waals surface area contributed by atoms with E-state index in [4.69, 9.17) is 11.6 Å². The van der Waals surface area contributed by atoms with Gasteiger partial charge in [-0.1, -0.05) is 17.7 Å². The predicted octanol–water partition coefficient (Wildman–Crippen LogP) is 2.92. The molecule has 0 aliphatic heterocycles. The molecule has 2 amide bonds. The SMILES string of the molecule is CC(=O)NCCNc1cc(NCCNC(=O)CCc2ccc(O)cc2O)nc(-c2ccc(Cl)cc2)n1. The molecule has 0 aliphatic carbocycles. The first-order valence-electron chi connectivity index (χ1n) is 11.4. The summed E-state index contributed by atoms with van der Waals surface area (Å²) in [7, 11) is 0. The molecule has 1 aromatic heterocycles. The monoisotopic (exact) mass is 512 g/mol. The topological polar surface area (TPSA) is 148 Å². The van der Waals surface area contributed by atoms with Crippen molar-refractivity contribution >= 4 is 35.1 Å². The van der Waals surface area contributed by atoms with Crippen LogP contribution in [0.1, 0.15) is 18.9 Å². The van der Waals surface area contributed by atoms with Crippen molar-refractivity contribution in [3.05, 3.63) is 59.1 Å². The molecule has 10 nitrogen and oxygen atoms in total. The van der Waals surface area contributed by atoms with Crippen LogP contribution in [0.4, 0.5) is 11.6 Å². The zero-order valence-corrected chi connectivity index (χ0v) is 20.6. The Balaban J connectivity index is 1.54. The molecular formula is C25H29ClN6O4. The number of benzene rings is 2. The molecule has 0 unspecified atom stereocenters. The molecule has 3 rings (SSSR count). The standard InChI is InChI=1S/C25H29ClN6O4/c1-16(33)27-10-11-28-22-15-23(32-25(31-22)18-2-6-19(26)7-3-18)29-12-13-30-24(36)9-5-17-4-8-20(34)14-21(17)35/h2-4,6-8,14-15,34-35H,5,9-13H2,1H3,(H,27,33)(H,30,36)(H2,28,29,31,32). The fourth-order valence-electron chi connectivity index (χ4n) is 3.28. The van der Waals surface area contributed by atoms with Crippen molar-refractivity contribution in [1.29, 1.82) is 0 Å². The van der Waals surface area contributed by atoms with E-state index in [0.717, 1.165) is 5.56 Å². The third kappa shape index (κ3) is 8.62. The quantitative estimate of drug-likeness (QED) is 0.203. The zero-order chi connectivity index (χ0) is 25.9. The van der Waals surface area contributed by atoms with Gasteiger partial charge in [0.25, 0.3) is 0 Å². The van der Waals surface area contributed by atoms with Crippen molar-refractivity contribution in [2.75, 3.05) is 36.8 Å². The molecule has 6 N–H and O–H groups in total. The highest BCUT2D eigenvalue weighted by atomic mass is 35.5. The zero-order valence-electron chi connectivity index (χ0n) is 19.8. The van der Waals surface area contributed by atoms with Crippen molar-refractivity contribution in [2.24, 2.45) is 0 Å². The highest BCUT2D eigenvalue weighted by molar-refractivity contribution is 6.30. The summed E-state index contributed by atoms with van der Waals surface area (Å²) in [5.74, 6) is 1.32. The van der Waals surface area contributed by atoms with Gasteiger partial charge in [0, 0.05) is 62.2 Å². The molecular weight excluding hydrogens is 484 g/mol. The maximum atomic E-state index is 12.2. The van der Waals surface area contributed by atoms with Crippen molar-refractivity contribution in [3.8, 4) is 22.9 Å². The summed E-state index contributed by atoms with van der Waals surface area (Å²) in [6, 6.07) is 13.2. The Morgan fingerprint density at radius 1 is 0.861 bits per heavy atom. The van der Waals surface area contributed by atoms with E-state index in [1.54, 1.807) is 24.3 Å². The molecule has 0 atom stereocenters. The number of nitrogens with zero attached hydrogens (tertiary/aromatic N) is 2. The lowest BCUT2D eigenvalue weighted by Gasteiger charge is -2.12. The van der Waals surface area contributed by atoms with Gasteiger partial charge >= 0.3 is 0 Å². The number of halogens is 1. The molecule has 0 saturated carbocycles. The number of amides is 2. The highest BCUT2D eigenvalue weighted by Crippen LogP contribution is 2.24. The van der Waals surface area contributed by atoms with Gasteiger partial charge in [-0.3, -0.25) is 9.59 Å². The van der Waals surface area contributed by atoms with E-state index in [-0.39, 0.29) is 29.7 Å². The van der Waals surface area contributed by atoms with Gasteiger partial charge in [0.2, 0.25) is 11.8 Å². The van der Waals surface area contributed by atoms with Gasteiger partial charge in [0.15, 0.2) is 5.82 Å². The van der Waals surface area contributed by atoms with Crippen LogP contribution in [-0.4, -0.2) is 58.2 Å². The molecule has 0 aliphatic rings. The Labute approximate surface area is 214 Å².